The average molecular weight is 388 g/mol. The van der Waals surface area contributed by atoms with Crippen LogP contribution < -0.4 is 10.6 Å². The molecule has 0 bridgehead atoms. The largest absolute Gasteiger partial charge is 0.353 e. The van der Waals surface area contributed by atoms with E-state index in [9.17, 15) is 9.59 Å². The average Bonchev–Trinajstić information content (AvgIpc) is 2.66. The highest BCUT2D eigenvalue weighted by Crippen LogP contribution is 2.18. The zero-order chi connectivity index (χ0) is 19.8. The van der Waals surface area contributed by atoms with Crippen molar-refractivity contribution in [3.63, 3.8) is 0 Å². The minimum Gasteiger partial charge on any atom is -0.353 e. The second kappa shape index (κ2) is 10.1. The summed E-state index contributed by atoms with van der Waals surface area (Å²) in [5.74, 6) is -0.561. The van der Waals surface area contributed by atoms with E-state index in [1.165, 1.54) is 5.56 Å². The SMILES string of the molecule is CCc1ccc(C(CNC(=O)CNC(=O)c2cccc(Cl)c2)N(C)C)cc1. The Kier molecular flexibility index (Phi) is 7.82. The molecule has 0 heterocycles. The van der Waals surface area contributed by atoms with Crippen LogP contribution in [-0.2, 0) is 11.2 Å². The van der Waals surface area contributed by atoms with E-state index >= 15 is 0 Å². The Labute approximate surface area is 165 Å². The van der Waals surface area contributed by atoms with E-state index < -0.39 is 0 Å². The van der Waals surface area contributed by atoms with Gasteiger partial charge in [0.2, 0.25) is 5.91 Å². The summed E-state index contributed by atoms with van der Waals surface area (Å²) < 4.78 is 0. The van der Waals surface area contributed by atoms with Crippen LogP contribution in [0.25, 0.3) is 0 Å². The van der Waals surface area contributed by atoms with Crippen molar-refractivity contribution in [3.05, 3.63) is 70.2 Å². The lowest BCUT2D eigenvalue weighted by Crippen LogP contribution is -2.40. The maximum atomic E-state index is 12.1. The molecular weight excluding hydrogens is 362 g/mol. The predicted octanol–water partition coefficient (Wildman–Crippen LogP) is 3.05. The number of benzene rings is 2. The molecular formula is C21H26ClN3O2. The molecule has 1 unspecified atom stereocenters. The fourth-order valence-corrected chi connectivity index (χ4v) is 2.93. The van der Waals surface area contributed by atoms with E-state index in [-0.39, 0.29) is 24.4 Å². The van der Waals surface area contributed by atoms with Crippen molar-refractivity contribution in [3.8, 4) is 0 Å². The lowest BCUT2D eigenvalue weighted by Gasteiger charge is -2.25. The second-order valence-electron chi connectivity index (χ2n) is 6.57. The van der Waals surface area contributed by atoms with Gasteiger partial charge in [-0.15, -0.1) is 0 Å². The number of halogens is 1. The molecule has 0 radical (unpaired) electrons. The Morgan fingerprint density at radius 2 is 1.78 bits per heavy atom. The number of carbonyl (C=O) groups is 2. The van der Waals surface area contributed by atoms with Crippen LogP contribution in [-0.4, -0.2) is 43.9 Å². The molecule has 0 aliphatic heterocycles. The highest BCUT2D eigenvalue weighted by Gasteiger charge is 2.16. The van der Waals surface area contributed by atoms with Crippen LogP contribution in [0.2, 0.25) is 5.02 Å². The van der Waals surface area contributed by atoms with Crippen LogP contribution in [0.1, 0.15) is 34.5 Å². The maximum absolute atomic E-state index is 12.1. The van der Waals surface area contributed by atoms with Gasteiger partial charge in [-0.1, -0.05) is 48.9 Å². The van der Waals surface area contributed by atoms with Crippen molar-refractivity contribution in [1.29, 1.82) is 0 Å². The summed E-state index contributed by atoms with van der Waals surface area (Å²) in [5, 5.41) is 5.98. The first-order valence-corrected chi connectivity index (χ1v) is 9.34. The topological polar surface area (TPSA) is 61.4 Å². The number of amides is 2. The fraction of sp³-hybridized carbons (Fsp3) is 0.333. The quantitative estimate of drug-likeness (QED) is 0.731. The zero-order valence-electron chi connectivity index (χ0n) is 16.0. The zero-order valence-corrected chi connectivity index (χ0v) is 16.7. The van der Waals surface area contributed by atoms with Crippen molar-refractivity contribution in [2.45, 2.75) is 19.4 Å². The first-order chi connectivity index (χ1) is 12.9. The second-order valence-corrected chi connectivity index (χ2v) is 7.01. The van der Waals surface area contributed by atoms with E-state index in [0.717, 1.165) is 12.0 Å². The molecule has 0 saturated carbocycles. The van der Waals surface area contributed by atoms with Crippen molar-refractivity contribution in [1.82, 2.24) is 15.5 Å². The number of nitrogens with one attached hydrogen (secondary N) is 2. The highest BCUT2D eigenvalue weighted by atomic mass is 35.5. The van der Waals surface area contributed by atoms with E-state index in [1.54, 1.807) is 24.3 Å². The summed E-state index contributed by atoms with van der Waals surface area (Å²) in [6, 6.07) is 15.1. The summed E-state index contributed by atoms with van der Waals surface area (Å²) in [4.78, 5) is 26.3. The Hall–Kier alpha value is -2.37. The Bertz CT molecular complexity index is 775. The smallest absolute Gasteiger partial charge is 0.251 e. The van der Waals surface area contributed by atoms with Gasteiger partial charge in [-0.05, 0) is 49.8 Å². The van der Waals surface area contributed by atoms with Gasteiger partial charge >= 0.3 is 0 Å². The first kappa shape index (κ1) is 20.9. The Morgan fingerprint density at radius 1 is 1.07 bits per heavy atom. The van der Waals surface area contributed by atoms with Crippen molar-refractivity contribution in [2.75, 3.05) is 27.2 Å². The summed E-state index contributed by atoms with van der Waals surface area (Å²) in [6.45, 7) is 2.50. The molecule has 2 aromatic carbocycles. The third-order valence-corrected chi connectivity index (χ3v) is 4.62. The van der Waals surface area contributed by atoms with Gasteiger partial charge < -0.3 is 15.5 Å². The minimum absolute atomic E-state index is 0.0588. The number of aryl methyl sites for hydroxylation is 1. The summed E-state index contributed by atoms with van der Waals surface area (Å²) in [7, 11) is 3.96. The molecule has 2 rings (SSSR count). The van der Waals surface area contributed by atoms with E-state index in [0.29, 0.717) is 17.1 Å². The van der Waals surface area contributed by atoms with Crippen molar-refractivity contribution >= 4 is 23.4 Å². The standard InChI is InChI=1S/C21H26ClN3O2/c1-4-15-8-10-16(11-9-15)19(25(2)3)13-23-20(26)14-24-21(27)17-6-5-7-18(22)12-17/h5-12,19H,4,13-14H2,1-3H3,(H,23,26)(H,24,27). The predicted molar refractivity (Wildman–Crippen MR) is 109 cm³/mol. The third-order valence-electron chi connectivity index (χ3n) is 4.38. The van der Waals surface area contributed by atoms with Gasteiger partial charge in [-0.25, -0.2) is 0 Å². The molecule has 27 heavy (non-hydrogen) atoms. The van der Waals surface area contributed by atoms with Gasteiger partial charge in [-0.3, -0.25) is 9.59 Å². The van der Waals surface area contributed by atoms with Crippen LogP contribution in [0.15, 0.2) is 48.5 Å². The van der Waals surface area contributed by atoms with Crippen LogP contribution in [0, 0.1) is 0 Å². The van der Waals surface area contributed by atoms with Crippen LogP contribution in [0.3, 0.4) is 0 Å². The number of nitrogens with zero attached hydrogens (tertiary/aromatic N) is 1. The number of likely N-dealkylation sites (N-methyl/N-ethyl adjacent to an activating group) is 1. The Morgan fingerprint density at radius 3 is 2.37 bits per heavy atom. The molecule has 5 nitrogen and oxygen atoms in total. The molecule has 144 valence electrons. The van der Waals surface area contributed by atoms with Crippen LogP contribution >= 0.6 is 11.6 Å². The van der Waals surface area contributed by atoms with Gasteiger partial charge in [-0.2, -0.15) is 0 Å². The number of hydrogen-bond donors (Lipinski definition) is 2. The maximum Gasteiger partial charge on any atom is 0.251 e. The molecule has 1 atom stereocenters. The molecule has 6 heteroatoms. The van der Waals surface area contributed by atoms with Crippen LogP contribution in [0.4, 0.5) is 0 Å². The van der Waals surface area contributed by atoms with Crippen molar-refractivity contribution < 1.29 is 9.59 Å². The summed E-state index contributed by atoms with van der Waals surface area (Å²) >= 11 is 5.88. The van der Waals surface area contributed by atoms with Crippen molar-refractivity contribution in [2.24, 2.45) is 0 Å². The Balaban J connectivity index is 1.87. The first-order valence-electron chi connectivity index (χ1n) is 8.96. The molecule has 2 aromatic rings. The molecule has 2 amide bonds. The summed E-state index contributed by atoms with van der Waals surface area (Å²) in [6.07, 6.45) is 0.996. The third kappa shape index (κ3) is 6.38. The van der Waals surface area contributed by atoms with E-state index in [2.05, 4.69) is 46.7 Å². The van der Waals surface area contributed by atoms with Gasteiger partial charge in [0.05, 0.1) is 12.6 Å². The molecule has 2 N–H and O–H groups in total. The lowest BCUT2D eigenvalue weighted by atomic mass is 10.0. The normalized spacial score (nSPS) is 11.9. The summed E-state index contributed by atoms with van der Waals surface area (Å²) in [5.41, 5.74) is 2.85. The van der Waals surface area contributed by atoms with Gasteiger partial charge in [0, 0.05) is 17.1 Å². The minimum atomic E-state index is -0.327. The number of hydrogen-bond acceptors (Lipinski definition) is 3. The monoisotopic (exact) mass is 387 g/mol. The molecule has 0 spiro atoms. The lowest BCUT2D eigenvalue weighted by molar-refractivity contribution is -0.120. The van der Waals surface area contributed by atoms with Gasteiger partial charge in [0.25, 0.3) is 5.91 Å². The van der Waals surface area contributed by atoms with Crippen LogP contribution in [0.5, 0.6) is 0 Å². The van der Waals surface area contributed by atoms with E-state index in [1.807, 2.05) is 14.1 Å². The molecule has 0 aliphatic carbocycles. The molecule has 0 saturated heterocycles. The van der Waals surface area contributed by atoms with Gasteiger partial charge in [0.15, 0.2) is 0 Å². The number of carbonyl (C=O) groups excluding carboxylic acids is 2. The highest BCUT2D eigenvalue weighted by molar-refractivity contribution is 6.30. The molecule has 0 aromatic heterocycles. The molecule has 0 fully saturated rings. The van der Waals surface area contributed by atoms with Gasteiger partial charge in [0.1, 0.15) is 0 Å². The fourth-order valence-electron chi connectivity index (χ4n) is 2.74. The van der Waals surface area contributed by atoms with E-state index in [4.69, 9.17) is 11.6 Å². The number of rotatable bonds is 8. The molecule has 0 aliphatic rings.